The van der Waals surface area contributed by atoms with Gasteiger partial charge in [0.1, 0.15) is 0 Å². The summed E-state index contributed by atoms with van der Waals surface area (Å²) in [4.78, 5) is 9.59. The fraction of sp³-hybridized carbons (Fsp3) is 0.571. The van der Waals surface area contributed by atoms with E-state index in [9.17, 15) is 10.1 Å². The summed E-state index contributed by atoms with van der Waals surface area (Å²) in [5, 5.41) is 10.0. The minimum absolute atomic E-state index is 0.137. The monoisotopic (exact) mass is 283 g/mol. The summed E-state index contributed by atoms with van der Waals surface area (Å²) >= 11 is 0. The van der Waals surface area contributed by atoms with E-state index in [2.05, 4.69) is 0 Å². The van der Waals surface area contributed by atoms with Crippen molar-refractivity contribution in [3.63, 3.8) is 0 Å². The third-order valence-electron chi connectivity index (χ3n) is 2.54. The molecule has 6 heteroatoms. The third kappa shape index (κ3) is 8.58. The number of nitro benzene ring substituents is 1. The first-order valence-electron chi connectivity index (χ1n) is 6.73. The molecule has 0 radical (unpaired) electrons. The predicted octanol–water partition coefficient (Wildman–Crippen LogP) is 2.42. The Kier molecular flexibility index (Phi) is 9.38. The third-order valence-corrected chi connectivity index (χ3v) is 2.54. The van der Waals surface area contributed by atoms with Crippen LogP contribution in [0.25, 0.3) is 0 Å². The van der Waals surface area contributed by atoms with E-state index in [0.29, 0.717) is 0 Å². The molecule has 0 spiro atoms. The molecule has 6 nitrogen and oxygen atoms in total. The van der Waals surface area contributed by atoms with Gasteiger partial charge < -0.3 is 14.2 Å². The molecule has 1 aromatic carbocycles. The molecular weight excluding hydrogens is 262 g/mol. The molecule has 3 rings (SSSR count). The molecule has 112 valence electrons. The van der Waals surface area contributed by atoms with Crippen molar-refractivity contribution >= 4 is 5.69 Å². The molecule has 0 aromatic heterocycles. The van der Waals surface area contributed by atoms with Gasteiger partial charge in [-0.3, -0.25) is 10.1 Å². The van der Waals surface area contributed by atoms with Gasteiger partial charge in [0.2, 0.25) is 0 Å². The zero-order valence-electron chi connectivity index (χ0n) is 11.5. The van der Waals surface area contributed by atoms with Crippen molar-refractivity contribution in [1.82, 2.24) is 0 Å². The Balaban J connectivity index is 0.000000158. The van der Waals surface area contributed by atoms with Crippen LogP contribution in [0.3, 0.4) is 0 Å². The van der Waals surface area contributed by atoms with Crippen molar-refractivity contribution in [3.05, 3.63) is 40.4 Å². The van der Waals surface area contributed by atoms with Gasteiger partial charge >= 0.3 is 0 Å². The van der Waals surface area contributed by atoms with Crippen LogP contribution in [0.2, 0.25) is 0 Å². The first-order valence-corrected chi connectivity index (χ1v) is 6.73. The average molecular weight is 283 g/mol. The van der Waals surface area contributed by atoms with E-state index in [1.54, 1.807) is 18.2 Å². The number of hydrogen-bond acceptors (Lipinski definition) is 5. The number of non-ortho nitro benzene ring substituents is 1. The van der Waals surface area contributed by atoms with Gasteiger partial charge in [0, 0.05) is 25.3 Å². The smallest absolute Gasteiger partial charge is 0.269 e. The highest BCUT2D eigenvalue weighted by molar-refractivity contribution is 5.27. The quantitative estimate of drug-likeness (QED) is 0.584. The van der Waals surface area contributed by atoms with Crippen molar-refractivity contribution in [3.8, 4) is 0 Å². The molecule has 0 aliphatic carbocycles. The number of rotatable bonds is 1. The van der Waals surface area contributed by atoms with E-state index in [1.165, 1.54) is 25.0 Å². The highest BCUT2D eigenvalue weighted by Crippen LogP contribution is 2.06. The van der Waals surface area contributed by atoms with Crippen LogP contribution >= 0.6 is 0 Å². The molecule has 20 heavy (non-hydrogen) atoms. The lowest BCUT2D eigenvalue weighted by Gasteiger charge is -2.09. The van der Waals surface area contributed by atoms with Crippen LogP contribution < -0.4 is 0 Å². The Labute approximate surface area is 118 Å². The van der Waals surface area contributed by atoms with Crippen molar-refractivity contribution in [2.45, 2.75) is 12.8 Å². The molecule has 0 amide bonds. The lowest BCUT2D eigenvalue weighted by Crippen LogP contribution is -2.16. The zero-order valence-corrected chi connectivity index (χ0v) is 11.5. The molecule has 2 heterocycles. The Bertz CT molecular complexity index is 331. The molecule has 2 aliphatic heterocycles. The summed E-state index contributed by atoms with van der Waals surface area (Å²) in [6.07, 6.45) is 2.56. The molecule has 0 atom stereocenters. The second-order valence-electron chi connectivity index (χ2n) is 4.14. The highest BCUT2D eigenvalue weighted by Gasteiger charge is 1.98. The van der Waals surface area contributed by atoms with Crippen molar-refractivity contribution in [2.24, 2.45) is 0 Å². The molecule has 0 saturated carbocycles. The van der Waals surface area contributed by atoms with Gasteiger partial charge in [0.05, 0.1) is 31.4 Å². The number of nitro groups is 1. The molecule has 2 fully saturated rings. The Morgan fingerprint density at radius 1 is 0.800 bits per heavy atom. The predicted molar refractivity (Wildman–Crippen MR) is 74.8 cm³/mol. The Hall–Kier alpha value is -1.50. The van der Waals surface area contributed by atoms with Crippen LogP contribution in [-0.2, 0) is 14.2 Å². The molecular formula is C14H21NO5. The Morgan fingerprint density at radius 2 is 1.25 bits per heavy atom. The van der Waals surface area contributed by atoms with E-state index < -0.39 is 4.92 Å². The molecule has 1 aromatic rings. The van der Waals surface area contributed by atoms with Crippen molar-refractivity contribution in [2.75, 3.05) is 39.6 Å². The minimum Gasteiger partial charge on any atom is -0.381 e. The van der Waals surface area contributed by atoms with E-state index in [0.717, 1.165) is 39.6 Å². The van der Waals surface area contributed by atoms with E-state index in [-0.39, 0.29) is 5.69 Å². The van der Waals surface area contributed by atoms with Gasteiger partial charge in [-0.15, -0.1) is 0 Å². The lowest BCUT2D eigenvalue weighted by molar-refractivity contribution is -0.384. The summed E-state index contributed by atoms with van der Waals surface area (Å²) < 4.78 is 14.8. The van der Waals surface area contributed by atoms with Crippen LogP contribution in [-0.4, -0.2) is 44.6 Å². The number of ether oxygens (including phenoxy) is 3. The van der Waals surface area contributed by atoms with Gasteiger partial charge in [0.25, 0.3) is 5.69 Å². The summed E-state index contributed by atoms with van der Waals surface area (Å²) in [6, 6.07) is 7.93. The van der Waals surface area contributed by atoms with Gasteiger partial charge in [-0.25, -0.2) is 0 Å². The molecule has 0 bridgehead atoms. The highest BCUT2D eigenvalue weighted by atomic mass is 16.6. The largest absolute Gasteiger partial charge is 0.381 e. The van der Waals surface area contributed by atoms with Gasteiger partial charge in [-0.1, -0.05) is 18.2 Å². The molecule has 2 aliphatic rings. The minimum atomic E-state index is -0.417. The maximum Gasteiger partial charge on any atom is 0.269 e. The van der Waals surface area contributed by atoms with Gasteiger partial charge in [0.15, 0.2) is 0 Å². The summed E-state index contributed by atoms with van der Waals surface area (Å²) in [6.45, 7) is 5.11. The van der Waals surface area contributed by atoms with Crippen LogP contribution in [0.4, 0.5) is 5.69 Å². The standard InChI is InChI=1S/C6H5NO2.C4H8O2.C4H8O/c8-7(9)6-4-2-1-3-5-6;1-2-6-4-3-5-1;1-2-4-5-3-1/h1-5H;1-4H2;1-4H2. The number of nitrogens with zero attached hydrogens (tertiary/aromatic N) is 1. The van der Waals surface area contributed by atoms with E-state index >= 15 is 0 Å². The second kappa shape index (κ2) is 11.3. The summed E-state index contributed by atoms with van der Waals surface area (Å²) in [5.41, 5.74) is 0.137. The fourth-order valence-corrected chi connectivity index (χ4v) is 1.50. The fourth-order valence-electron chi connectivity index (χ4n) is 1.50. The first-order chi connectivity index (χ1) is 9.80. The van der Waals surface area contributed by atoms with E-state index in [4.69, 9.17) is 14.2 Å². The molecule has 0 unspecified atom stereocenters. The Morgan fingerprint density at radius 3 is 1.50 bits per heavy atom. The second-order valence-corrected chi connectivity index (χ2v) is 4.14. The maximum absolute atomic E-state index is 10.0. The number of hydrogen-bond donors (Lipinski definition) is 0. The molecule has 0 N–H and O–H groups in total. The number of benzene rings is 1. The summed E-state index contributed by atoms with van der Waals surface area (Å²) in [5.74, 6) is 0. The van der Waals surface area contributed by atoms with Crippen LogP contribution in [0.5, 0.6) is 0 Å². The zero-order chi connectivity index (χ0) is 14.5. The van der Waals surface area contributed by atoms with Gasteiger partial charge in [-0.05, 0) is 12.8 Å². The maximum atomic E-state index is 10.0. The topological polar surface area (TPSA) is 70.8 Å². The van der Waals surface area contributed by atoms with Crippen molar-refractivity contribution < 1.29 is 19.1 Å². The number of para-hydroxylation sites is 1. The van der Waals surface area contributed by atoms with Crippen molar-refractivity contribution in [1.29, 1.82) is 0 Å². The van der Waals surface area contributed by atoms with Crippen LogP contribution in [0, 0.1) is 10.1 Å². The average Bonchev–Trinajstić information content (AvgIpc) is 3.10. The van der Waals surface area contributed by atoms with Gasteiger partial charge in [-0.2, -0.15) is 0 Å². The lowest BCUT2D eigenvalue weighted by atomic mass is 10.3. The SMILES string of the molecule is C1CCOC1.C1COCCO1.O=[N+]([O-])c1ccccc1. The first kappa shape index (κ1) is 16.6. The normalized spacial score (nSPS) is 17.2. The molecule has 2 saturated heterocycles. The van der Waals surface area contributed by atoms with E-state index in [1.807, 2.05) is 0 Å². The summed E-state index contributed by atoms with van der Waals surface area (Å²) in [7, 11) is 0. The van der Waals surface area contributed by atoms with Crippen LogP contribution in [0.15, 0.2) is 30.3 Å². The van der Waals surface area contributed by atoms with Crippen LogP contribution in [0.1, 0.15) is 12.8 Å².